The van der Waals surface area contributed by atoms with Crippen LogP contribution in [0.3, 0.4) is 0 Å². The van der Waals surface area contributed by atoms with Gasteiger partial charge < -0.3 is 0 Å². The number of hydrogen-bond donors (Lipinski definition) is 0. The van der Waals surface area contributed by atoms with Gasteiger partial charge >= 0.3 is 0 Å². The molecule has 60 heavy (non-hydrogen) atoms. The highest BCUT2D eigenvalue weighted by Crippen LogP contribution is 2.30. The molecule has 0 heterocycles. The Kier molecular flexibility index (Phi) is 14.0. The van der Waals surface area contributed by atoms with Crippen LogP contribution in [0.4, 0.5) is 0 Å². The van der Waals surface area contributed by atoms with Gasteiger partial charge in [-0.05, 0) is 109 Å². The SMILES string of the molecule is Cc1ccc(C)cc1.Cc1ccc(Cc2ccc(/C=C/c3ccc(-c4ccc(/C=C/c5ccc(C(Cc6ccc(C)cc6)c6ccc(C)cc6)cc5)cc4)cc3)cc2)cc1. The largest absolute Gasteiger partial charge is 0.0591 e. The molecular formula is C60H56. The normalized spacial score (nSPS) is 11.7. The average Bonchev–Trinajstić information content (AvgIpc) is 3.28. The van der Waals surface area contributed by atoms with Gasteiger partial charge in [0.25, 0.3) is 0 Å². The van der Waals surface area contributed by atoms with Crippen molar-refractivity contribution in [3.8, 4) is 11.1 Å². The Balaban J connectivity index is 0.000000611. The van der Waals surface area contributed by atoms with Crippen LogP contribution in [0.5, 0.6) is 0 Å². The monoisotopic (exact) mass is 776 g/mol. The fourth-order valence-corrected chi connectivity index (χ4v) is 7.31. The molecule has 1 unspecified atom stereocenters. The van der Waals surface area contributed by atoms with Crippen molar-refractivity contribution >= 4 is 24.3 Å². The first-order chi connectivity index (χ1) is 29.2. The summed E-state index contributed by atoms with van der Waals surface area (Å²) in [5.41, 5.74) is 20.5. The average molecular weight is 777 g/mol. The van der Waals surface area contributed by atoms with Gasteiger partial charge in [-0.3, -0.25) is 0 Å². The Labute approximate surface area is 359 Å². The molecule has 0 heteroatoms. The van der Waals surface area contributed by atoms with Gasteiger partial charge in [-0.15, -0.1) is 0 Å². The summed E-state index contributed by atoms with van der Waals surface area (Å²) in [6.45, 7) is 10.6. The smallest absolute Gasteiger partial charge is 0.0130 e. The van der Waals surface area contributed by atoms with E-state index in [0.717, 1.165) is 12.8 Å². The van der Waals surface area contributed by atoms with Crippen LogP contribution in [-0.4, -0.2) is 0 Å². The summed E-state index contributed by atoms with van der Waals surface area (Å²) in [6, 6.07) is 70.8. The lowest BCUT2D eigenvalue weighted by atomic mass is 9.85. The lowest BCUT2D eigenvalue weighted by molar-refractivity contribution is 0.804. The number of rotatable bonds is 11. The van der Waals surface area contributed by atoms with E-state index in [9.17, 15) is 0 Å². The van der Waals surface area contributed by atoms with Crippen LogP contribution in [0, 0.1) is 34.6 Å². The Hall–Kier alpha value is -6.76. The topological polar surface area (TPSA) is 0 Å². The quantitative estimate of drug-likeness (QED) is 0.115. The minimum atomic E-state index is 0.311. The Morgan fingerprint density at radius 2 is 0.533 bits per heavy atom. The molecule has 0 nitrogen and oxygen atoms in total. The van der Waals surface area contributed by atoms with E-state index in [1.807, 2.05) is 0 Å². The molecule has 8 aromatic rings. The standard InChI is InChI=1S/C52H46.C8H10/c1-38-4-10-45(11-5-38)36-46-20-18-41(19-21-46)14-15-42-22-30-48(31-23-42)49-32-24-43(25-33-49)16-17-44-26-34-51(35-27-44)52(50-28-8-40(3)9-29-50)37-47-12-6-39(2)7-13-47;1-7-3-5-8(2)6-4-7/h4-35,52H,36-37H2,1-3H3;3-6H,1-2H3/b15-14+,17-16+;. The van der Waals surface area contributed by atoms with Crippen molar-refractivity contribution in [3.05, 3.63) is 272 Å². The molecule has 0 aliphatic heterocycles. The maximum Gasteiger partial charge on any atom is 0.0130 e. The van der Waals surface area contributed by atoms with Crippen molar-refractivity contribution in [3.63, 3.8) is 0 Å². The van der Waals surface area contributed by atoms with Gasteiger partial charge in [-0.25, -0.2) is 0 Å². The molecule has 0 spiro atoms. The van der Waals surface area contributed by atoms with Crippen molar-refractivity contribution in [2.24, 2.45) is 0 Å². The highest BCUT2D eigenvalue weighted by Gasteiger charge is 2.15. The minimum absolute atomic E-state index is 0.311. The molecule has 0 amide bonds. The van der Waals surface area contributed by atoms with Crippen LogP contribution in [0.25, 0.3) is 35.4 Å². The highest BCUT2D eigenvalue weighted by atomic mass is 14.2. The van der Waals surface area contributed by atoms with Crippen molar-refractivity contribution in [1.82, 2.24) is 0 Å². The Morgan fingerprint density at radius 3 is 0.900 bits per heavy atom. The lowest BCUT2D eigenvalue weighted by Crippen LogP contribution is -2.05. The summed E-state index contributed by atoms with van der Waals surface area (Å²) >= 11 is 0. The molecular weight excluding hydrogens is 721 g/mol. The number of benzene rings is 8. The number of hydrogen-bond acceptors (Lipinski definition) is 0. The van der Waals surface area contributed by atoms with Crippen LogP contribution in [0.15, 0.2) is 194 Å². The van der Waals surface area contributed by atoms with Gasteiger partial charge in [0, 0.05) is 5.92 Å². The third kappa shape index (κ3) is 12.1. The van der Waals surface area contributed by atoms with Crippen molar-refractivity contribution in [2.75, 3.05) is 0 Å². The fourth-order valence-electron chi connectivity index (χ4n) is 7.31. The summed E-state index contributed by atoms with van der Waals surface area (Å²) in [4.78, 5) is 0. The molecule has 0 bridgehead atoms. The molecule has 0 aromatic heterocycles. The van der Waals surface area contributed by atoms with E-state index in [2.05, 4.69) is 253 Å². The van der Waals surface area contributed by atoms with Crippen molar-refractivity contribution in [2.45, 2.75) is 53.4 Å². The molecule has 0 radical (unpaired) electrons. The molecule has 0 saturated heterocycles. The third-order valence-electron chi connectivity index (χ3n) is 11.2. The Morgan fingerprint density at radius 1 is 0.283 bits per heavy atom. The van der Waals surface area contributed by atoms with E-state index in [1.165, 1.54) is 89.0 Å². The van der Waals surface area contributed by atoms with E-state index in [0.29, 0.717) is 5.92 Å². The van der Waals surface area contributed by atoms with E-state index in [4.69, 9.17) is 0 Å². The predicted octanol–water partition coefficient (Wildman–Crippen LogP) is 15.9. The molecule has 0 saturated carbocycles. The molecule has 0 fully saturated rings. The van der Waals surface area contributed by atoms with E-state index < -0.39 is 0 Å². The zero-order valence-electron chi connectivity index (χ0n) is 35.8. The van der Waals surface area contributed by atoms with Crippen LogP contribution in [0.1, 0.15) is 83.8 Å². The van der Waals surface area contributed by atoms with Gasteiger partial charge in [0.15, 0.2) is 0 Å². The second-order valence-electron chi connectivity index (χ2n) is 16.3. The molecule has 8 rings (SSSR count). The van der Waals surface area contributed by atoms with Crippen LogP contribution < -0.4 is 0 Å². The molecule has 8 aromatic carbocycles. The molecule has 0 aliphatic rings. The summed E-state index contributed by atoms with van der Waals surface area (Å²) in [5.74, 6) is 0.311. The van der Waals surface area contributed by atoms with E-state index in [-0.39, 0.29) is 0 Å². The van der Waals surface area contributed by atoms with Crippen LogP contribution in [0.2, 0.25) is 0 Å². The lowest BCUT2D eigenvalue weighted by Gasteiger charge is -2.19. The first kappa shape index (κ1) is 41.4. The van der Waals surface area contributed by atoms with Crippen LogP contribution in [-0.2, 0) is 12.8 Å². The molecule has 1 atom stereocenters. The maximum atomic E-state index is 2.30. The molecule has 296 valence electrons. The summed E-state index contributed by atoms with van der Waals surface area (Å²) in [5, 5.41) is 0. The summed E-state index contributed by atoms with van der Waals surface area (Å²) in [6.07, 6.45) is 10.7. The zero-order chi connectivity index (χ0) is 41.7. The van der Waals surface area contributed by atoms with Gasteiger partial charge in [-0.2, -0.15) is 0 Å². The van der Waals surface area contributed by atoms with Gasteiger partial charge in [-0.1, -0.05) is 246 Å². The van der Waals surface area contributed by atoms with Crippen molar-refractivity contribution < 1.29 is 0 Å². The fraction of sp³-hybridized carbons (Fsp3) is 0.133. The van der Waals surface area contributed by atoms with E-state index >= 15 is 0 Å². The highest BCUT2D eigenvalue weighted by molar-refractivity contribution is 5.74. The number of aryl methyl sites for hydroxylation is 5. The first-order valence-electron chi connectivity index (χ1n) is 21.2. The maximum absolute atomic E-state index is 2.30. The Bertz CT molecular complexity index is 2560. The van der Waals surface area contributed by atoms with Crippen molar-refractivity contribution in [1.29, 1.82) is 0 Å². The second kappa shape index (κ2) is 20.3. The second-order valence-corrected chi connectivity index (χ2v) is 16.3. The third-order valence-corrected chi connectivity index (χ3v) is 11.2. The summed E-state index contributed by atoms with van der Waals surface area (Å²) < 4.78 is 0. The molecule has 0 N–H and O–H groups in total. The zero-order valence-corrected chi connectivity index (χ0v) is 35.8. The molecule has 0 aliphatic carbocycles. The van der Waals surface area contributed by atoms with Gasteiger partial charge in [0.1, 0.15) is 0 Å². The van der Waals surface area contributed by atoms with Crippen LogP contribution >= 0.6 is 0 Å². The summed E-state index contributed by atoms with van der Waals surface area (Å²) in [7, 11) is 0. The van der Waals surface area contributed by atoms with Gasteiger partial charge in [0.05, 0.1) is 0 Å². The van der Waals surface area contributed by atoms with Gasteiger partial charge in [0.2, 0.25) is 0 Å². The predicted molar refractivity (Wildman–Crippen MR) is 260 cm³/mol. The first-order valence-corrected chi connectivity index (χ1v) is 21.2. The van der Waals surface area contributed by atoms with E-state index in [1.54, 1.807) is 0 Å². The minimum Gasteiger partial charge on any atom is -0.0591 e.